The fourth-order valence-corrected chi connectivity index (χ4v) is 2.48. The number of nitrogens with zero attached hydrogens (tertiary/aromatic N) is 1. The second-order valence-electron chi connectivity index (χ2n) is 7.55. The van der Waals surface area contributed by atoms with Crippen LogP contribution in [-0.4, -0.2) is 29.5 Å². The molecule has 0 aliphatic heterocycles. The predicted molar refractivity (Wildman–Crippen MR) is 117 cm³/mol. The first-order valence-corrected chi connectivity index (χ1v) is 9.87. The average Bonchev–Trinajstić information content (AvgIpc) is 2.71. The van der Waals surface area contributed by atoms with Gasteiger partial charge in [-0.25, -0.2) is 4.79 Å². The summed E-state index contributed by atoms with van der Waals surface area (Å²) in [5, 5.41) is 13.5. The molecule has 164 valence electrons. The molecule has 1 amide bonds. The Labute approximate surface area is 181 Å². The van der Waals surface area contributed by atoms with Gasteiger partial charge >= 0.3 is 5.97 Å². The van der Waals surface area contributed by atoms with Crippen molar-refractivity contribution in [2.75, 3.05) is 6.61 Å². The van der Waals surface area contributed by atoms with Crippen LogP contribution in [0.2, 0.25) is 0 Å². The van der Waals surface area contributed by atoms with Gasteiger partial charge in [-0.05, 0) is 55.7 Å². The van der Waals surface area contributed by atoms with Gasteiger partial charge in [0.15, 0.2) is 0 Å². The van der Waals surface area contributed by atoms with Crippen molar-refractivity contribution in [2.45, 2.75) is 33.8 Å². The quantitative estimate of drug-likeness (QED) is 0.276. The maximum Gasteiger partial charge on any atom is 0.355 e. The highest BCUT2D eigenvalue weighted by Crippen LogP contribution is 2.17. The van der Waals surface area contributed by atoms with Crippen LogP contribution in [0.4, 0.5) is 5.69 Å². The number of carbonyl (C=O) groups excluding carboxylic acids is 2. The van der Waals surface area contributed by atoms with Crippen LogP contribution >= 0.6 is 0 Å². The summed E-state index contributed by atoms with van der Waals surface area (Å²) in [6.45, 7) is 7.99. The number of esters is 1. The zero-order valence-electron chi connectivity index (χ0n) is 18.0. The molecule has 31 heavy (non-hydrogen) atoms. The molecule has 0 atom stereocenters. The number of nitro groups is 1. The lowest BCUT2D eigenvalue weighted by molar-refractivity contribution is -0.384. The molecule has 8 heteroatoms. The Bertz CT molecular complexity index is 964. The van der Waals surface area contributed by atoms with E-state index in [9.17, 15) is 19.7 Å². The van der Waals surface area contributed by atoms with Gasteiger partial charge < -0.3 is 14.8 Å². The van der Waals surface area contributed by atoms with Crippen molar-refractivity contribution in [2.24, 2.45) is 5.92 Å². The Morgan fingerprint density at radius 3 is 2.35 bits per heavy atom. The highest BCUT2D eigenvalue weighted by Gasteiger charge is 2.18. The van der Waals surface area contributed by atoms with Crippen LogP contribution in [0.25, 0.3) is 6.08 Å². The van der Waals surface area contributed by atoms with Gasteiger partial charge in [0.25, 0.3) is 11.6 Å². The molecule has 2 aromatic rings. The van der Waals surface area contributed by atoms with E-state index in [4.69, 9.17) is 9.47 Å². The van der Waals surface area contributed by atoms with E-state index in [1.807, 2.05) is 13.8 Å². The van der Waals surface area contributed by atoms with E-state index in [1.165, 1.54) is 24.3 Å². The normalized spacial score (nSPS) is 11.4. The third-order valence-corrected chi connectivity index (χ3v) is 3.90. The standard InChI is InChI=1S/C23H26N2O6/c1-15(2)14-30-20-10-8-18(9-11-20)22(26)24-21(23(27)31-16(3)4)13-17-6-5-7-19(12-17)25(28)29/h5-13,15-16H,14H2,1-4H3,(H,24,26). The van der Waals surface area contributed by atoms with Crippen LogP contribution < -0.4 is 10.1 Å². The molecular formula is C23H26N2O6. The minimum Gasteiger partial charge on any atom is -0.493 e. The smallest absolute Gasteiger partial charge is 0.355 e. The van der Waals surface area contributed by atoms with Gasteiger partial charge in [0.05, 0.1) is 17.6 Å². The third kappa shape index (κ3) is 7.58. The maximum atomic E-state index is 12.7. The summed E-state index contributed by atoms with van der Waals surface area (Å²) in [4.78, 5) is 35.6. The number of hydrogen-bond acceptors (Lipinski definition) is 6. The van der Waals surface area contributed by atoms with Crippen molar-refractivity contribution < 1.29 is 24.0 Å². The van der Waals surface area contributed by atoms with Crippen LogP contribution in [0.3, 0.4) is 0 Å². The first kappa shape index (κ1) is 23.6. The molecule has 0 aliphatic rings. The summed E-state index contributed by atoms with van der Waals surface area (Å²) >= 11 is 0. The van der Waals surface area contributed by atoms with Crippen LogP contribution in [0.5, 0.6) is 5.75 Å². The van der Waals surface area contributed by atoms with Crippen LogP contribution in [-0.2, 0) is 9.53 Å². The van der Waals surface area contributed by atoms with Gasteiger partial charge in [0.2, 0.25) is 0 Å². The van der Waals surface area contributed by atoms with Crippen molar-refractivity contribution in [1.82, 2.24) is 5.32 Å². The molecule has 0 spiro atoms. The molecule has 2 aromatic carbocycles. The van der Waals surface area contributed by atoms with Crippen molar-refractivity contribution in [3.05, 3.63) is 75.5 Å². The number of benzene rings is 2. The molecule has 0 unspecified atom stereocenters. The summed E-state index contributed by atoms with van der Waals surface area (Å²) in [5.41, 5.74) is 0.440. The van der Waals surface area contributed by atoms with E-state index < -0.39 is 22.9 Å². The molecule has 0 radical (unpaired) electrons. The molecule has 0 fully saturated rings. The Morgan fingerprint density at radius 2 is 1.77 bits per heavy atom. The van der Waals surface area contributed by atoms with E-state index in [-0.39, 0.29) is 11.4 Å². The monoisotopic (exact) mass is 426 g/mol. The molecule has 0 aromatic heterocycles. The average molecular weight is 426 g/mol. The Morgan fingerprint density at radius 1 is 1.10 bits per heavy atom. The highest BCUT2D eigenvalue weighted by molar-refractivity contribution is 6.03. The van der Waals surface area contributed by atoms with Crippen molar-refractivity contribution in [3.8, 4) is 5.75 Å². The Balaban J connectivity index is 2.24. The number of nitro benzene ring substituents is 1. The first-order valence-electron chi connectivity index (χ1n) is 9.87. The highest BCUT2D eigenvalue weighted by atomic mass is 16.6. The van der Waals surface area contributed by atoms with Gasteiger partial charge in [-0.15, -0.1) is 0 Å². The van der Waals surface area contributed by atoms with E-state index in [1.54, 1.807) is 44.2 Å². The fourth-order valence-electron chi connectivity index (χ4n) is 2.48. The molecule has 0 saturated carbocycles. The summed E-state index contributed by atoms with van der Waals surface area (Å²) < 4.78 is 10.8. The summed E-state index contributed by atoms with van der Waals surface area (Å²) in [5.74, 6) is -0.257. The van der Waals surface area contributed by atoms with Crippen LogP contribution in [0.1, 0.15) is 43.6 Å². The molecule has 1 N–H and O–H groups in total. The zero-order valence-corrected chi connectivity index (χ0v) is 18.0. The molecule has 0 heterocycles. The molecule has 0 bridgehead atoms. The molecular weight excluding hydrogens is 400 g/mol. The Hall–Kier alpha value is -3.68. The number of carbonyl (C=O) groups is 2. The Kier molecular flexibility index (Phi) is 8.31. The fraction of sp³-hybridized carbons (Fsp3) is 0.304. The van der Waals surface area contributed by atoms with E-state index in [0.29, 0.717) is 29.4 Å². The molecule has 8 nitrogen and oxygen atoms in total. The number of rotatable bonds is 9. The maximum absolute atomic E-state index is 12.7. The van der Waals surface area contributed by atoms with Crippen molar-refractivity contribution in [3.63, 3.8) is 0 Å². The number of hydrogen-bond donors (Lipinski definition) is 1. The van der Waals surface area contributed by atoms with Gasteiger partial charge in [-0.3, -0.25) is 14.9 Å². The minimum atomic E-state index is -0.744. The van der Waals surface area contributed by atoms with Gasteiger partial charge in [0, 0.05) is 17.7 Å². The van der Waals surface area contributed by atoms with E-state index >= 15 is 0 Å². The number of ether oxygens (including phenoxy) is 2. The second kappa shape index (κ2) is 10.9. The van der Waals surface area contributed by atoms with Crippen molar-refractivity contribution >= 4 is 23.6 Å². The third-order valence-electron chi connectivity index (χ3n) is 3.90. The number of non-ortho nitro benzene ring substituents is 1. The van der Waals surface area contributed by atoms with Gasteiger partial charge in [0.1, 0.15) is 11.4 Å². The largest absolute Gasteiger partial charge is 0.493 e. The van der Waals surface area contributed by atoms with Gasteiger partial charge in [-0.1, -0.05) is 26.0 Å². The lowest BCUT2D eigenvalue weighted by Gasteiger charge is -2.13. The summed E-state index contributed by atoms with van der Waals surface area (Å²) in [6.07, 6.45) is 0.936. The number of nitrogens with one attached hydrogen (secondary N) is 1. The second-order valence-corrected chi connectivity index (χ2v) is 7.55. The summed E-state index contributed by atoms with van der Waals surface area (Å²) in [6, 6.07) is 12.2. The lowest BCUT2D eigenvalue weighted by atomic mass is 10.1. The van der Waals surface area contributed by atoms with Gasteiger partial charge in [-0.2, -0.15) is 0 Å². The lowest BCUT2D eigenvalue weighted by Crippen LogP contribution is -2.29. The SMILES string of the molecule is CC(C)COc1ccc(C(=O)NC(=Cc2cccc([N+](=O)[O-])c2)C(=O)OC(C)C)cc1. The molecule has 0 saturated heterocycles. The molecule has 2 rings (SSSR count). The van der Waals surface area contributed by atoms with Crippen LogP contribution in [0.15, 0.2) is 54.2 Å². The first-order chi connectivity index (χ1) is 14.7. The topological polar surface area (TPSA) is 108 Å². The summed E-state index contributed by atoms with van der Waals surface area (Å²) in [7, 11) is 0. The molecule has 0 aliphatic carbocycles. The minimum absolute atomic E-state index is 0.126. The predicted octanol–water partition coefficient (Wildman–Crippen LogP) is 4.35. The van der Waals surface area contributed by atoms with E-state index in [2.05, 4.69) is 5.32 Å². The van der Waals surface area contributed by atoms with E-state index in [0.717, 1.165) is 0 Å². The number of amides is 1. The van der Waals surface area contributed by atoms with Crippen LogP contribution in [0, 0.1) is 16.0 Å². The van der Waals surface area contributed by atoms with Crippen molar-refractivity contribution in [1.29, 1.82) is 0 Å². The zero-order chi connectivity index (χ0) is 23.0.